The smallest absolute Gasteiger partial charge is 0.257 e. The fourth-order valence-electron chi connectivity index (χ4n) is 3.74. The Labute approximate surface area is 176 Å². The van der Waals surface area contributed by atoms with Gasteiger partial charge in [-0.1, -0.05) is 53.7 Å². The lowest BCUT2D eigenvalue weighted by Crippen LogP contribution is -2.32. The van der Waals surface area contributed by atoms with Crippen LogP contribution in [0.25, 0.3) is 0 Å². The number of Topliss-reactive ketones (excluding diaryl/α,β-unsaturated/α-hetero) is 1. The summed E-state index contributed by atoms with van der Waals surface area (Å²) < 4.78 is 0.960. The quantitative estimate of drug-likeness (QED) is 0.504. The van der Waals surface area contributed by atoms with Crippen LogP contribution in [-0.4, -0.2) is 21.5 Å². The Morgan fingerprint density at radius 2 is 1.96 bits per heavy atom. The summed E-state index contributed by atoms with van der Waals surface area (Å²) in [6.45, 7) is 4.27. The van der Waals surface area contributed by atoms with Crippen molar-refractivity contribution in [3.8, 4) is 0 Å². The largest absolute Gasteiger partial charge is 0.343 e. The second-order valence-electron chi connectivity index (χ2n) is 7.62. The van der Waals surface area contributed by atoms with E-state index in [2.05, 4.69) is 40.1 Å². The van der Waals surface area contributed by atoms with Crippen LogP contribution in [0.2, 0.25) is 0 Å². The molecule has 2 N–H and O–H groups in total. The Balaban J connectivity index is 1.86. The van der Waals surface area contributed by atoms with Crippen molar-refractivity contribution in [2.45, 2.75) is 44.2 Å². The number of thioether (sulfide) groups is 1. The predicted molar refractivity (Wildman–Crippen MR) is 116 cm³/mol. The fourth-order valence-corrected chi connectivity index (χ4v) is 4.82. The summed E-state index contributed by atoms with van der Waals surface area (Å²) in [4.78, 5) is 33.5. The molecule has 1 unspecified atom stereocenters. The van der Waals surface area contributed by atoms with E-state index in [1.165, 1.54) is 0 Å². The van der Waals surface area contributed by atoms with E-state index in [1.54, 1.807) is 11.8 Å². The molecule has 0 saturated carbocycles. The van der Waals surface area contributed by atoms with Gasteiger partial charge in [0.15, 0.2) is 10.9 Å². The summed E-state index contributed by atoms with van der Waals surface area (Å²) in [7, 11) is 0. The minimum atomic E-state index is -0.382. The molecular formula is C21H22BrN3O2S. The third-order valence-electron chi connectivity index (χ3n) is 4.99. The molecule has 28 heavy (non-hydrogen) atoms. The van der Waals surface area contributed by atoms with Gasteiger partial charge < -0.3 is 10.3 Å². The first kappa shape index (κ1) is 19.5. The van der Waals surface area contributed by atoms with Crippen LogP contribution in [0.3, 0.4) is 0 Å². The number of hydrogen-bond acceptors (Lipinski definition) is 5. The van der Waals surface area contributed by atoms with Crippen LogP contribution in [0.1, 0.15) is 50.2 Å². The molecule has 0 fully saturated rings. The zero-order chi connectivity index (χ0) is 19.8. The SMILES string of the molecule is CC(C)CSc1nc2c(c(=O)[nH]1)C(c1ccc(Br)cc1)C1=C(CCCC1=O)N2. The highest BCUT2D eigenvalue weighted by atomic mass is 79.9. The molecule has 0 radical (unpaired) electrons. The van der Waals surface area contributed by atoms with Gasteiger partial charge in [0.25, 0.3) is 5.56 Å². The van der Waals surface area contributed by atoms with Crippen LogP contribution in [-0.2, 0) is 4.79 Å². The highest BCUT2D eigenvalue weighted by molar-refractivity contribution is 9.10. The van der Waals surface area contributed by atoms with E-state index in [1.807, 2.05) is 24.3 Å². The van der Waals surface area contributed by atoms with E-state index in [9.17, 15) is 9.59 Å². The Kier molecular flexibility index (Phi) is 5.47. The van der Waals surface area contributed by atoms with E-state index in [0.29, 0.717) is 28.9 Å². The third-order valence-corrected chi connectivity index (χ3v) is 6.82. The number of aromatic nitrogens is 2. The number of carbonyl (C=O) groups is 1. The van der Waals surface area contributed by atoms with Crippen molar-refractivity contribution in [3.05, 3.63) is 61.5 Å². The van der Waals surface area contributed by atoms with Crippen molar-refractivity contribution in [1.29, 1.82) is 0 Å². The van der Waals surface area contributed by atoms with Gasteiger partial charge in [-0.2, -0.15) is 0 Å². The van der Waals surface area contributed by atoms with E-state index in [-0.39, 0.29) is 17.3 Å². The molecule has 5 nitrogen and oxygen atoms in total. The molecule has 2 aromatic rings. The predicted octanol–water partition coefficient (Wildman–Crippen LogP) is 4.85. The van der Waals surface area contributed by atoms with Crippen molar-refractivity contribution in [3.63, 3.8) is 0 Å². The summed E-state index contributed by atoms with van der Waals surface area (Å²) in [6, 6.07) is 7.83. The van der Waals surface area contributed by atoms with Crippen LogP contribution in [0.5, 0.6) is 0 Å². The molecule has 0 amide bonds. The standard InChI is InChI=1S/C21H22BrN3O2S/c1-11(2)10-28-21-24-19-18(20(27)25-21)16(12-6-8-13(22)9-7-12)17-14(23-19)4-3-5-15(17)26/h6-9,11,16H,3-5,10H2,1-2H3,(H2,23,24,25,27). The Morgan fingerprint density at radius 3 is 2.68 bits per heavy atom. The second kappa shape index (κ2) is 7.87. The monoisotopic (exact) mass is 459 g/mol. The minimum Gasteiger partial charge on any atom is -0.343 e. The number of nitrogens with zero attached hydrogens (tertiary/aromatic N) is 1. The normalized spacial score (nSPS) is 18.7. The number of hydrogen-bond donors (Lipinski definition) is 2. The molecule has 1 aromatic carbocycles. The molecule has 146 valence electrons. The van der Waals surface area contributed by atoms with Gasteiger partial charge in [0.2, 0.25) is 0 Å². The van der Waals surface area contributed by atoms with Gasteiger partial charge in [-0.15, -0.1) is 0 Å². The molecule has 0 saturated heterocycles. The molecule has 0 spiro atoms. The van der Waals surface area contributed by atoms with Crippen molar-refractivity contribution < 1.29 is 4.79 Å². The summed E-state index contributed by atoms with van der Waals surface area (Å²) in [5.41, 5.74) is 2.92. The first-order chi connectivity index (χ1) is 13.4. The molecule has 0 bridgehead atoms. The van der Waals surface area contributed by atoms with E-state index in [4.69, 9.17) is 4.98 Å². The van der Waals surface area contributed by atoms with Crippen LogP contribution < -0.4 is 10.9 Å². The highest BCUT2D eigenvalue weighted by Crippen LogP contribution is 2.43. The number of halogens is 1. The van der Waals surface area contributed by atoms with Crippen LogP contribution in [0, 0.1) is 5.92 Å². The van der Waals surface area contributed by atoms with Crippen molar-refractivity contribution in [2.75, 3.05) is 11.1 Å². The Hall–Kier alpha value is -1.86. The third kappa shape index (κ3) is 3.70. The number of benzene rings is 1. The van der Waals surface area contributed by atoms with Crippen molar-refractivity contribution in [1.82, 2.24) is 9.97 Å². The lowest BCUT2D eigenvalue weighted by Gasteiger charge is -2.32. The molecular weight excluding hydrogens is 438 g/mol. The summed E-state index contributed by atoms with van der Waals surface area (Å²) >= 11 is 5.01. The zero-order valence-corrected chi connectivity index (χ0v) is 18.2. The Bertz CT molecular complexity index is 1010. The number of fused-ring (bicyclic) bond motifs is 1. The van der Waals surface area contributed by atoms with Crippen molar-refractivity contribution in [2.24, 2.45) is 5.92 Å². The minimum absolute atomic E-state index is 0.116. The molecule has 1 aromatic heterocycles. The summed E-state index contributed by atoms with van der Waals surface area (Å²) in [5, 5.41) is 3.93. The number of nitrogens with one attached hydrogen (secondary N) is 2. The highest BCUT2D eigenvalue weighted by Gasteiger charge is 2.37. The van der Waals surface area contributed by atoms with Crippen LogP contribution in [0.4, 0.5) is 5.82 Å². The van der Waals surface area contributed by atoms with E-state index in [0.717, 1.165) is 39.9 Å². The van der Waals surface area contributed by atoms with Crippen LogP contribution >= 0.6 is 27.7 Å². The maximum Gasteiger partial charge on any atom is 0.257 e. The molecule has 4 rings (SSSR count). The summed E-state index contributed by atoms with van der Waals surface area (Å²) in [5.74, 6) is 1.69. The average Bonchev–Trinajstić information content (AvgIpc) is 2.66. The van der Waals surface area contributed by atoms with Gasteiger partial charge in [0.1, 0.15) is 5.82 Å². The second-order valence-corrected chi connectivity index (χ2v) is 9.54. The fraction of sp³-hybridized carbons (Fsp3) is 0.381. The molecule has 1 aliphatic heterocycles. The number of H-pyrrole nitrogens is 1. The average molecular weight is 460 g/mol. The molecule has 7 heteroatoms. The first-order valence-corrected chi connectivity index (χ1v) is 11.3. The number of rotatable bonds is 4. The topological polar surface area (TPSA) is 74.8 Å². The zero-order valence-electron chi connectivity index (χ0n) is 15.8. The number of anilines is 1. The van der Waals surface area contributed by atoms with Gasteiger partial charge in [0, 0.05) is 33.8 Å². The lowest BCUT2D eigenvalue weighted by molar-refractivity contribution is -0.116. The Morgan fingerprint density at radius 1 is 1.21 bits per heavy atom. The van der Waals surface area contributed by atoms with Gasteiger partial charge >= 0.3 is 0 Å². The van der Waals surface area contributed by atoms with E-state index < -0.39 is 0 Å². The lowest BCUT2D eigenvalue weighted by atomic mass is 9.76. The summed E-state index contributed by atoms with van der Waals surface area (Å²) in [6.07, 6.45) is 2.15. The first-order valence-electron chi connectivity index (χ1n) is 9.49. The molecule has 2 aliphatic rings. The van der Waals surface area contributed by atoms with Crippen LogP contribution in [0.15, 0.2) is 50.0 Å². The molecule has 2 heterocycles. The van der Waals surface area contributed by atoms with Gasteiger partial charge in [-0.3, -0.25) is 9.59 Å². The molecule has 1 atom stereocenters. The maximum absolute atomic E-state index is 13.1. The van der Waals surface area contributed by atoms with Gasteiger partial charge in [0.05, 0.1) is 5.56 Å². The number of carbonyl (C=O) groups excluding carboxylic acids is 1. The number of aromatic amines is 1. The number of allylic oxidation sites excluding steroid dienone is 2. The van der Waals surface area contributed by atoms with E-state index >= 15 is 0 Å². The van der Waals surface area contributed by atoms with Gasteiger partial charge in [-0.05, 0) is 36.5 Å². The molecule has 1 aliphatic carbocycles. The maximum atomic E-state index is 13.1. The van der Waals surface area contributed by atoms with Crippen molar-refractivity contribution >= 4 is 39.3 Å². The van der Waals surface area contributed by atoms with Gasteiger partial charge in [-0.25, -0.2) is 4.98 Å². The number of ketones is 1.